The maximum Gasteiger partial charge on any atom is 0.470 e. The zero-order valence-electron chi connectivity index (χ0n) is 26.0. The summed E-state index contributed by atoms with van der Waals surface area (Å²) in [6, 6.07) is 35.4. The van der Waals surface area contributed by atoms with Crippen LogP contribution >= 0.6 is 23.5 Å². The van der Waals surface area contributed by atoms with Crippen LogP contribution in [0, 0.1) is 0 Å². The van der Waals surface area contributed by atoms with E-state index >= 15 is 0 Å². The van der Waals surface area contributed by atoms with Crippen molar-refractivity contribution in [3.05, 3.63) is 144 Å². The monoisotopic (exact) mass is 752 g/mol. The molecule has 4 aromatic rings. The number of phosphoric ester groups is 3. The van der Waals surface area contributed by atoms with Gasteiger partial charge in [-0.05, 0) is 22.3 Å². The molecule has 15 nitrogen and oxygen atoms in total. The van der Waals surface area contributed by atoms with Gasteiger partial charge >= 0.3 is 23.5 Å². The standard InChI is InChI=1S/C32H35O15P3/c33-48(34,35)45-28-27(22-43-32(24-15-7-2-8-16-24,25-17-9-3-10-18-25)26-19-11-4-12-20-26)44-31(42-21-23-13-5-1-6-14-23)30(47-50(39,40)41)29(28)46-49(36,37)38/h1-20,27-31H,21-22H2,(H2,33,34,35)(H2,36,37,38)(H2,39,40,41)/t27-,28-,29+,30-,31-/m0/s1. The third-order valence-electron chi connectivity index (χ3n) is 7.63. The summed E-state index contributed by atoms with van der Waals surface area (Å²) in [5, 5.41) is 0. The molecule has 268 valence electrons. The Kier molecular flexibility index (Phi) is 12.4. The molecule has 5 rings (SSSR count). The second-order valence-electron chi connectivity index (χ2n) is 11.1. The number of benzene rings is 4. The van der Waals surface area contributed by atoms with Gasteiger partial charge in [0.1, 0.15) is 30.0 Å². The fourth-order valence-electron chi connectivity index (χ4n) is 5.71. The fraction of sp³-hybridized carbons (Fsp3) is 0.250. The Balaban J connectivity index is 1.63. The first-order chi connectivity index (χ1) is 23.6. The molecule has 0 unspecified atom stereocenters. The fourth-order valence-corrected chi connectivity index (χ4v) is 7.38. The Hall–Kier alpha value is -2.91. The van der Waals surface area contributed by atoms with Gasteiger partial charge in [-0.15, -0.1) is 0 Å². The van der Waals surface area contributed by atoms with E-state index < -0.39 is 66.4 Å². The molecule has 1 saturated heterocycles. The third kappa shape index (κ3) is 10.1. The summed E-state index contributed by atoms with van der Waals surface area (Å²) in [5.74, 6) is 0. The lowest BCUT2D eigenvalue weighted by atomic mass is 9.80. The van der Waals surface area contributed by atoms with Crippen LogP contribution in [0.15, 0.2) is 121 Å². The van der Waals surface area contributed by atoms with Crippen LogP contribution in [0.2, 0.25) is 0 Å². The molecule has 1 aliphatic rings. The molecule has 0 saturated carbocycles. The lowest BCUT2D eigenvalue weighted by molar-refractivity contribution is -0.299. The van der Waals surface area contributed by atoms with E-state index in [1.54, 1.807) is 121 Å². The van der Waals surface area contributed by atoms with Crippen molar-refractivity contribution in [3.8, 4) is 0 Å². The zero-order chi connectivity index (χ0) is 36.0. The van der Waals surface area contributed by atoms with Crippen molar-refractivity contribution in [1.82, 2.24) is 0 Å². The van der Waals surface area contributed by atoms with E-state index in [4.69, 9.17) is 27.8 Å². The lowest BCUT2D eigenvalue weighted by Crippen LogP contribution is -2.61. The first-order valence-electron chi connectivity index (χ1n) is 15.0. The minimum atomic E-state index is -5.58. The molecular weight excluding hydrogens is 717 g/mol. The van der Waals surface area contributed by atoms with Crippen LogP contribution in [0.1, 0.15) is 22.3 Å². The van der Waals surface area contributed by atoms with Crippen LogP contribution in [0.25, 0.3) is 0 Å². The minimum Gasteiger partial charge on any atom is -0.358 e. The largest absolute Gasteiger partial charge is 0.470 e. The smallest absolute Gasteiger partial charge is 0.358 e. The van der Waals surface area contributed by atoms with E-state index in [1.165, 1.54) is 0 Å². The van der Waals surface area contributed by atoms with Crippen molar-refractivity contribution < 1.29 is 70.8 Å². The van der Waals surface area contributed by atoms with E-state index in [0.29, 0.717) is 22.3 Å². The van der Waals surface area contributed by atoms with Crippen molar-refractivity contribution >= 4 is 23.5 Å². The Labute approximate surface area is 287 Å². The number of phosphoric acid groups is 3. The first kappa shape index (κ1) is 38.3. The molecule has 1 heterocycles. The molecule has 1 aliphatic heterocycles. The average molecular weight is 753 g/mol. The summed E-state index contributed by atoms with van der Waals surface area (Å²) in [6.45, 7) is -0.868. The number of hydrogen-bond donors (Lipinski definition) is 6. The Morgan fingerprint density at radius 1 is 0.540 bits per heavy atom. The van der Waals surface area contributed by atoms with Gasteiger partial charge in [-0.1, -0.05) is 121 Å². The Morgan fingerprint density at radius 2 is 0.920 bits per heavy atom. The van der Waals surface area contributed by atoms with Crippen molar-refractivity contribution in [1.29, 1.82) is 0 Å². The lowest BCUT2D eigenvalue weighted by Gasteiger charge is -2.46. The molecule has 0 radical (unpaired) electrons. The van der Waals surface area contributed by atoms with Crippen molar-refractivity contribution in [2.75, 3.05) is 6.61 Å². The van der Waals surface area contributed by atoms with Crippen LogP contribution in [0.3, 0.4) is 0 Å². The van der Waals surface area contributed by atoms with Gasteiger partial charge in [0.25, 0.3) is 0 Å². The van der Waals surface area contributed by atoms with Crippen LogP contribution in [-0.2, 0) is 53.7 Å². The van der Waals surface area contributed by atoms with Crippen molar-refractivity contribution in [2.45, 2.75) is 42.9 Å². The molecule has 0 bridgehead atoms. The molecule has 0 aliphatic carbocycles. The quantitative estimate of drug-likeness (QED) is 0.0732. The molecule has 6 N–H and O–H groups in total. The zero-order valence-corrected chi connectivity index (χ0v) is 28.7. The molecule has 0 amide bonds. The van der Waals surface area contributed by atoms with Gasteiger partial charge in [0.2, 0.25) is 0 Å². The van der Waals surface area contributed by atoms with Gasteiger partial charge in [-0.3, -0.25) is 13.6 Å². The van der Waals surface area contributed by atoms with Gasteiger partial charge in [0.15, 0.2) is 6.29 Å². The van der Waals surface area contributed by atoms with E-state index in [1.807, 2.05) is 0 Å². The third-order valence-corrected chi connectivity index (χ3v) is 9.18. The minimum absolute atomic E-state index is 0.255. The van der Waals surface area contributed by atoms with Crippen LogP contribution in [0.5, 0.6) is 0 Å². The molecular formula is C32H35O15P3. The summed E-state index contributed by atoms with van der Waals surface area (Å²) < 4.78 is 70.1. The second-order valence-corrected chi connectivity index (χ2v) is 14.7. The predicted molar refractivity (Wildman–Crippen MR) is 176 cm³/mol. The highest BCUT2D eigenvalue weighted by atomic mass is 31.2. The van der Waals surface area contributed by atoms with E-state index in [2.05, 4.69) is 0 Å². The maximum atomic E-state index is 12.3. The summed E-state index contributed by atoms with van der Waals surface area (Å²) >= 11 is 0. The average Bonchev–Trinajstić information content (AvgIpc) is 3.07. The second kappa shape index (κ2) is 16.2. The SMILES string of the molecule is O=P(O)(O)O[C@H]1[C@H](OP(=O)(O)O)[C@@H](OCc2ccccc2)O[C@@H](COC(c2ccccc2)(c2ccccc2)c2ccccc2)[C@@H]1OP(=O)(O)O. The van der Waals surface area contributed by atoms with Gasteiger partial charge in [-0.25, -0.2) is 13.7 Å². The van der Waals surface area contributed by atoms with Crippen LogP contribution < -0.4 is 0 Å². The van der Waals surface area contributed by atoms with Crippen molar-refractivity contribution in [3.63, 3.8) is 0 Å². The molecule has 0 aromatic heterocycles. The summed E-state index contributed by atoms with van der Waals surface area (Å²) in [6.07, 6.45) is -10.2. The first-order valence-corrected chi connectivity index (χ1v) is 19.6. The summed E-state index contributed by atoms with van der Waals surface area (Å²) in [5.41, 5.74) is 1.03. The molecule has 5 atom stereocenters. The number of hydrogen-bond acceptors (Lipinski definition) is 9. The molecule has 1 fully saturated rings. The van der Waals surface area contributed by atoms with Crippen LogP contribution in [0.4, 0.5) is 0 Å². The number of ether oxygens (including phenoxy) is 3. The highest BCUT2D eigenvalue weighted by Gasteiger charge is 2.55. The van der Waals surface area contributed by atoms with E-state index in [9.17, 15) is 43.1 Å². The van der Waals surface area contributed by atoms with Crippen LogP contribution in [-0.4, -0.2) is 66.7 Å². The van der Waals surface area contributed by atoms with Gasteiger partial charge in [0, 0.05) is 0 Å². The summed E-state index contributed by atoms with van der Waals surface area (Å²) in [7, 11) is -16.6. The highest BCUT2D eigenvalue weighted by Crippen LogP contribution is 2.51. The Bertz CT molecular complexity index is 1700. The van der Waals surface area contributed by atoms with Gasteiger partial charge < -0.3 is 43.6 Å². The molecule has 0 spiro atoms. The van der Waals surface area contributed by atoms with Crippen molar-refractivity contribution in [2.24, 2.45) is 0 Å². The highest BCUT2D eigenvalue weighted by molar-refractivity contribution is 7.47. The maximum absolute atomic E-state index is 12.3. The number of rotatable bonds is 15. The molecule has 18 heteroatoms. The van der Waals surface area contributed by atoms with E-state index in [0.717, 1.165) is 0 Å². The topological polar surface area (TPSA) is 228 Å². The normalized spacial score (nSPS) is 21.9. The molecule has 50 heavy (non-hydrogen) atoms. The summed E-state index contributed by atoms with van der Waals surface area (Å²) in [4.78, 5) is 59.1. The van der Waals surface area contributed by atoms with Gasteiger partial charge in [-0.2, -0.15) is 0 Å². The molecule has 4 aromatic carbocycles. The predicted octanol–water partition coefficient (Wildman–Crippen LogP) is 4.37. The Morgan fingerprint density at radius 3 is 1.34 bits per heavy atom. The van der Waals surface area contributed by atoms with E-state index in [-0.39, 0.29) is 6.61 Å². The van der Waals surface area contributed by atoms with Gasteiger partial charge in [0.05, 0.1) is 13.2 Å².